The highest BCUT2D eigenvalue weighted by atomic mass is 32.2. The molecule has 0 saturated heterocycles. The first-order valence-electron chi connectivity index (χ1n) is 6.77. The van der Waals surface area contributed by atoms with E-state index in [0.717, 1.165) is 38.0 Å². The first-order chi connectivity index (χ1) is 9.29. The zero-order valence-electron chi connectivity index (χ0n) is 11.3. The van der Waals surface area contributed by atoms with E-state index in [2.05, 4.69) is 22.8 Å². The third kappa shape index (κ3) is 4.82. The number of thiophene rings is 1. The first-order valence-corrected chi connectivity index (χ1v) is 8.63. The summed E-state index contributed by atoms with van der Waals surface area (Å²) in [5.41, 5.74) is 0. The molecule has 0 amide bonds. The summed E-state index contributed by atoms with van der Waals surface area (Å²) < 4.78 is 6.19. The van der Waals surface area contributed by atoms with E-state index in [1.54, 1.807) is 11.3 Å². The summed E-state index contributed by atoms with van der Waals surface area (Å²) in [7, 11) is 1.48. The molecule has 0 aliphatic heterocycles. The van der Waals surface area contributed by atoms with Gasteiger partial charge in [0.05, 0.1) is 17.2 Å². The van der Waals surface area contributed by atoms with Crippen LogP contribution in [0.2, 0.25) is 0 Å². The van der Waals surface area contributed by atoms with Crippen LogP contribution in [-0.4, -0.2) is 31.4 Å². The minimum Gasteiger partial charge on any atom is -0.469 e. The zero-order chi connectivity index (χ0) is 13.5. The molecule has 1 heterocycles. The predicted octanol–water partition coefficient (Wildman–Crippen LogP) is 3.16. The molecule has 0 aromatic carbocycles. The van der Waals surface area contributed by atoms with Crippen molar-refractivity contribution in [3.05, 3.63) is 17.5 Å². The van der Waals surface area contributed by atoms with Gasteiger partial charge >= 0.3 is 5.97 Å². The van der Waals surface area contributed by atoms with Gasteiger partial charge in [-0.05, 0) is 37.1 Å². The van der Waals surface area contributed by atoms with Crippen LogP contribution in [0, 0.1) is 5.92 Å². The van der Waals surface area contributed by atoms with Crippen LogP contribution in [0.5, 0.6) is 0 Å². The number of hydrogen-bond donors (Lipinski definition) is 1. The average Bonchev–Trinajstić information content (AvgIpc) is 2.96. The van der Waals surface area contributed by atoms with E-state index in [1.165, 1.54) is 11.3 Å². The number of thioether (sulfide) groups is 1. The fourth-order valence-corrected chi connectivity index (χ4v) is 4.19. The Balaban J connectivity index is 1.57. The summed E-state index contributed by atoms with van der Waals surface area (Å²) in [6.07, 6.45) is 4.09. The summed E-state index contributed by atoms with van der Waals surface area (Å²) in [5.74, 6) is 1.20. The second kappa shape index (κ2) is 7.92. The van der Waals surface area contributed by atoms with E-state index in [-0.39, 0.29) is 11.9 Å². The third-order valence-electron chi connectivity index (χ3n) is 3.54. The number of rotatable bonds is 6. The van der Waals surface area contributed by atoms with Gasteiger partial charge in [-0.1, -0.05) is 6.07 Å². The van der Waals surface area contributed by atoms with Gasteiger partial charge in [0.15, 0.2) is 0 Å². The molecule has 1 saturated carbocycles. The number of esters is 1. The number of hydrogen-bond acceptors (Lipinski definition) is 5. The fraction of sp³-hybridized carbons (Fsp3) is 0.643. The van der Waals surface area contributed by atoms with Gasteiger partial charge in [-0.3, -0.25) is 4.79 Å². The number of carbonyl (C=O) groups excluding carboxylic acids is 1. The molecule has 0 spiro atoms. The van der Waals surface area contributed by atoms with Crippen molar-refractivity contribution < 1.29 is 9.53 Å². The standard InChI is InChI=1S/C14H21NO2S2/c1-17-14(16)11-4-6-12(7-5-11)15-8-10-19-13-3-2-9-18-13/h2-3,9,11-12,15H,4-8,10H2,1H3/t11-,12-. The van der Waals surface area contributed by atoms with Gasteiger partial charge in [0.1, 0.15) is 0 Å². The van der Waals surface area contributed by atoms with Crippen LogP contribution >= 0.6 is 23.1 Å². The van der Waals surface area contributed by atoms with Crippen LogP contribution in [0.1, 0.15) is 25.7 Å². The minimum absolute atomic E-state index is 0.0355. The van der Waals surface area contributed by atoms with E-state index in [9.17, 15) is 4.79 Å². The summed E-state index contributed by atoms with van der Waals surface area (Å²) in [6.45, 7) is 1.04. The van der Waals surface area contributed by atoms with Crippen molar-refractivity contribution in [3.63, 3.8) is 0 Å². The van der Waals surface area contributed by atoms with E-state index >= 15 is 0 Å². The second-order valence-corrected chi connectivity index (χ2v) is 7.15. The molecule has 0 bridgehead atoms. The van der Waals surface area contributed by atoms with E-state index in [4.69, 9.17) is 4.74 Å². The maximum Gasteiger partial charge on any atom is 0.308 e. The highest BCUT2D eigenvalue weighted by Crippen LogP contribution is 2.26. The summed E-state index contributed by atoms with van der Waals surface area (Å²) in [4.78, 5) is 11.4. The second-order valence-electron chi connectivity index (χ2n) is 4.81. The molecule has 106 valence electrons. The SMILES string of the molecule is COC(=O)[C@H]1CC[C@H](NCCSc2cccs2)CC1. The van der Waals surface area contributed by atoms with Gasteiger partial charge in [-0.2, -0.15) is 0 Å². The fourth-order valence-electron chi connectivity index (χ4n) is 2.46. The summed E-state index contributed by atoms with van der Waals surface area (Å²) >= 11 is 3.71. The van der Waals surface area contributed by atoms with Gasteiger partial charge in [0, 0.05) is 18.3 Å². The highest BCUT2D eigenvalue weighted by Gasteiger charge is 2.26. The van der Waals surface area contributed by atoms with Crippen LogP contribution < -0.4 is 5.32 Å². The highest BCUT2D eigenvalue weighted by molar-refractivity contribution is 8.01. The lowest BCUT2D eigenvalue weighted by Gasteiger charge is -2.27. The Morgan fingerprint density at radius 3 is 2.89 bits per heavy atom. The summed E-state index contributed by atoms with van der Waals surface area (Å²) in [5, 5.41) is 5.71. The lowest BCUT2D eigenvalue weighted by atomic mass is 9.86. The van der Waals surface area contributed by atoms with Crippen molar-refractivity contribution >= 4 is 29.1 Å². The monoisotopic (exact) mass is 299 g/mol. The Hall–Kier alpha value is -0.520. The van der Waals surface area contributed by atoms with E-state index in [1.807, 2.05) is 11.8 Å². The smallest absolute Gasteiger partial charge is 0.308 e. The lowest BCUT2D eigenvalue weighted by Crippen LogP contribution is -2.36. The van der Waals surface area contributed by atoms with Crippen molar-refractivity contribution in [2.75, 3.05) is 19.4 Å². The molecule has 1 aliphatic rings. The normalized spacial score (nSPS) is 23.2. The largest absolute Gasteiger partial charge is 0.469 e. The van der Waals surface area contributed by atoms with E-state index < -0.39 is 0 Å². The van der Waals surface area contributed by atoms with Crippen LogP contribution in [0.15, 0.2) is 21.7 Å². The Labute approximate surface area is 123 Å². The predicted molar refractivity (Wildman–Crippen MR) is 80.8 cm³/mol. The Morgan fingerprint density at radius 1 is 1.47 bits per heavy atom. The van der Waals surface area contributed by atoms with Gasteiger partial charge < -0.3 is 10.1 Å². The number of methoxy groups -OCH3 is 1. The van der Waals surface area contributed by atoms with Crippen molar-refractivity contribution in [1.82, 2.24) is 5.32 Å². The van der Waals surface area contributed by atoms with E-state index in [0.29, 0.717) is 6.04 Å². The quantitative estimate of drug-likeness (QED) is 0.497. The number of nitrogens with one attached hydrogen (secondary N) is 1. The molecule has 1 aliphatic carbocycles. The molecule has 0 unspecified atom stereocenters. The average molecular weight is 299 g/mol. The minimum atomic E-state index is -0.0355. The molecule has 5 heteroatoms. The van der Waals surface area contributed by atoms with Crippen LogP contribution in [-0.2, 0) is 9.53 Å². The molecule has 1 aromatic heterocycles. The van der Waals surface area contributed by atoms with Crippen molar-refractivity contribution in [1.29, 1.82) is 0 Å². The van der Waals surface area contributed by atoms with Crippen LogP contribution in [0.3, 0.4) is 0 Å². The lowest BCUT2D eigenvalue weighted by molar-refractivity contribution is -0.146. The summed E-state index contributed by atoms with van der Waals surface area (Å²) in [6, 6.07) is 4.83. The van der Waals surface area contributed by atoms with Crippen molar-refractivity contribution in [2.24, 2.45) is 5.92 Å². The Bertz CT molecular complexity index is 373. The van der Waals surface area contributed by atoms with Crippen LogP contribution in [0.25, 0.3) is 0 Å². The Kier molecular flexibility index (Phi) is 6.20. The van der Waals surface area contributed by atoms with Gasteiger partial charge in [-0.15, -0.1) is 23.1 Å². The van der Waals surface area contributed by atoms with Crippen molar-refractivity contribution in [2.45, 2.75) is 35.9 Å². The third-order valence-corrected chi connectivity index (χ3v) is 5.67. The first kappa shape index (κ1) is 14.9. The topological polar surface area (TPSA) is 38.3 Å². The molecule has 0 radical (unpaired) electrons. The molecule has 1 N–H and O–H groups in total. The maximum atomic E-state index is 11.4. The molecule has 19 heavy (non-hydrogen) atoms. The maximum absolute atomic E-state index is 11.4. The van der Waals surface area contributed by atoms with Crippen LogP contribution in [0.4, 0.5) is 0 Å². The Morgan fingerprint density at radius 2 is 2.26 bits per heavy atom. The molecule has 2 rings (SSSR count). The molecular weight excluding hydrogens is 278 g/mol. The molecule has 0 atom stereocenters. The van der Waals surface area contributed by atoms with Gasteiger partial charge in [-0.25, -0.2) is 0 Å². The molecule has 1 fully saturated rings. The number of ether oxygens (including phenoxy) is 1. The zero-order valence-corrected chi connectivity index (χ0v) is 12.9. The van der Waals surface area contributed by atoms with Gasteiger partial charge in [0.2, 0.25) is 0 Å². The van der Waals surface area contributed by atoms with Gasteiger partial charge in [0.25, 0.3) is 0 Å². The molecule has 3 nitrogen and oxygen atoms in total. The van der Waals surface area contributed by atoms with Crippen molar-refractivity contribution in [3.8, 4) is 0 Å². The molecular formula is C14H21NO2S2. The number of carbonyl (C=O) groups is 1. The molecule has 1 aromatic rings.